The van der Waals surface area contributed by atoms with Crippen molar-refractivity contribution in [3.8, 4) is 5.75 Å². The first-order valence-electron chi connectivity index (χ1n) is 6.60. The molecule has 3 rings (SSSR count). The topological polar surface area (TPSA) is 69.7 Å². The van der Waals surface area contributed by atoms with Gasteiger partial charge in [0.25, 0.3) is 0 Å². The molecule has 0 unspecified atom stereocenters. The van der Waals surface area contributed by atoms with Gasteiger partial charge in [-0.1, -0.05) is 30.3 Å². The molecule has 118 valence electrons. The summed E-state index contributed by atoms with van der Waals surface area (Å²) >= 11 is 0.989. The number of benzene rings is 2. The second-order valence-corrected chi connectivity index (χ2v) is 7.08. The van der Waals surface area contributed by atoms with Gasteiger partial charge in [-0.05, 0) is 34.4 Å². The van der Waals surface area contributed by atoms with Crippen LogP contribution in [0.5, 0.6) is 5.75 Å². The van der Waals surface area contributed by atoms with E-state index in [-0.39, 0.29) is 15.5 Å². The summed E-state index contributed by atoms with van der Waals surface area (Å²) in [6, 6.07) is 13.8. The number of fused-ring (bicyclic) bond motifs is 1. The first-order chi connectivity index (χ1) is 11.0. The molecule has 1 aromatic heterocycles. The molecule has 0 spiro atoms. The Kier molecular flexibility index (Phi) is 4.06. The Morgan fingerprint density at radius 1 is 1.04 bits per heavy atom. The van der Waals surface area contributed by atoms with Crippen molar-refractivity contribution >= 4 is 38.2 Å². The minimum atomic E-state index is -4.11. The number of esters is 1. The van der Waals surface area contributed by atoms with Gasteiger partial charge in [0.2, 0.25) is 0 Å². The molecular formula is C16H12O5S2. The van der Waals surface area contributed by atoms with Gasteiger partial charge in [0, 0.05) is 0 Å². The third kappa shape index (κ3) is 3.06. The number of carbonyl (C=O) groups excluding carboxylic acids is 1. The second kappa shape index (κ2) is 6.02. The maximum atomic E-state index is 12.4. The van der Waals surface area contributed by atoms with Crippen LogP contribution in [0.2, 0.25) is 0 Å². The number of carbonyl (C=O) groups is 1. The van der Waals surface area contributed by atoms with Crippen molar-refractivity contribution in [2.45, 2.75) is 4.90 Å². The smallest absolute Gasteiger partial charge is 0.349 e. The highest BCUT2D eigenvalue weighted by molar-refractivity contribution is 7.87. The molecule has 0 fully saturated rings. The third-order valence-electron chi connectivity index (χ3n) is 3.20. The molecule has 0 radical (unpaired) electrons. The van der Waals surface area contributed by atoms with Crippen LogP contribution in [-0.2, 0) is 14.9 Å². The van der Waals surface area contributed by atoms with Crippen molar-refractivity contribution in [2.24, 2.45) is 0 Å². The fourth-order valence-electron chi connectivity index (χ4n) is 2.13. The van der Waals surface area contributed by atoms with E-state index in [0.717, 1.165) is 22.1 Å². The van der Waals surface area contributed by atoms with E-state index >= 15 is 0 Å². The Bertz CT molecular complexity index is 973. The number of thiophene rings is 1. The van der Waals surface area contributed by atoms with E-state index in [1.165, 1.54) is 18.6 Å². The lowest BCUT2D eigenvalue weighted by atomic mass is 10.1. The van der Waals surface area contributed by atoms with E-state index in [1.807, 2.05) is 24.3 Å². The fourth-order valence-corrected chi connectivity index (χ4v) is 4.36. The monoisotopic (exact) mass is 348 g/mol. The van der Waals surface area contributed by atoms with Crippen LogP contribution in [0.1, 0.15) is 9.67 Å². The highest BCUT2D eigenvalue weighted by Crippen LogP contribution is 2.28. The highest BCUT2D eigenvalue weighted by atomic mass is 32.2. The molecule has 2 aromatic carbocycles. The summed E-state index contributed by atoms with van der Waals surface area (Å²) in [6.07, 6.45) is 0. The maximum Gasteiger partial charge on any atom is 0.349 e. The lowest BCUT2D eigenvalue weighted by molar-refractivity contribution is 0.0602. The maximum absolute atomic E-state index is 12.4. The Hall–Kier alpha value is -2.38. The van der Waals surface area contributed by atoms with Crippen LogP contribution in [0, 0.1) is 0 Å². The molecule has 0 N–H and O–H groups in total. The van der Waals surface area contributed by atoms with Crippen molar-refractivity contribution in [1.82, 2.24) is 0 Å². The van der Waals surface area contributed by atoms with Gasteiger partial charge in [0.05, 0.1) is 7.11 Å². The third-order valence-corrected chi connectivity index (χ3v) is 5.51. The summed E-state index contributed by atoms with van der Waals surface area (Å²) in [5, 5.41) is 3.34. The van der Waals surface area contributed by atoms with E-state index in [1.54, 1.807) is 18.2 Å². The molecule has 0 saturated heterocycles. The standard InChI is InChI=1S/C16H12O5S2/c1-20-16(17)15-14(8-9-22-15)23(18,19)21-13-7-6-11-4-2-3-5-12(11)10-13/h2-10H,1H3. The van der Waals surface area contributed by atoms with Crippen molar-refractivity contribution in [1.29, 1.82) is 0 Å². The summed E-state index contributed by atoms with van der Waals surface area (Å²) in [7, 11) is -2.92. The summed E-state index contributed by atoms with van der Waals surface area (Å²) in [6.45, 7) is 0. The van der Waals surface area contributed by atoms with Gasteiger partial charge in [0.1, 0.15) is 15.5 Å². The molecule has 0 aliphatic rings. The van der Waals surface area contributed by atoms with Crippen LogP contribution in [0.4, 0.5) is 0 Å². The molecule has 5 nitrogen and oxygen atoms in total. The zero-order valence-electron chi connectivity index (χ0n) is 12.1. The van der Waals surface area contributed by atoms with Gasteiger partial charge in [-0.2, -0.15) is 8.42 Å². The Morgan fingerprint density at radius 3 is 2.52 bits per heavy atom. The largest absolute Gasteiger partial charge is 0.465 e. The lowest BCUT2D eigenvalue weighted by Gasteiger charge is -2.08. The zero-order chi connectivity index (χ0) is 16.4. The summed E-state index contributed by atoms with van der Waals surface area (Å²) in [5.74, 6) is -0.522. The lowest BCUT2D eigenvalue weighted by Crippen LogP contribution is -2.13. The van der Waals surface area contributed by atoms with Gasteiger partial charge in [-0.3, -0.25) is 0 Å². The van der Waals surface area contributed by atoms with Crippen molar-refractivity contribution < 1.29 is 22.1 Å². The van der Waals surface area contributed by atoms with Crippen LogP contribution in [0.25, 0.3) is 10.8 Å². The predicted octanol–water partition coefficient (Wildman–Crippen LogP) is 3.46. The van der Waals surface area contributed by atoms with Gasteiger partial charge in [-0.15, -0.1) is 11.3 Å². The number of hydrogen-bond donors (Lipinski definition) is 0. The highest BCUT2D eigenvalue weighted by Gasteiger charge is 2.26. The Morgan fingerprint density at radius 2 is 1.78 bits per heavy atom. The molecule has 0 aliphatic heterocycles. The van der Waals surface area contributed by atoms with Crippen LogP contribution in [0.3, 0.4) is 0 Å². The average Bonchev–Trinajstić information content (AvgIpc) is 3.04. The first-order valence-corrected chi connectivity index (χ1v) is 8.89. The van der Waals surface area contributed by atoms with Gasteiger partial charge >= 0.3 is 16.1 Å². The van der Waals surface area contributed by atoms with Gasteiger partial charge in [0.15, 0.2) is 0 Å². The van der Waals surface area contributed by atoms with Crippen molar-refractivity contribution in [2.75, 3.05) is 7.11 Å². The molecule has 0 saturated carbocycles. The molecular weight excluding hydrogens is 336 g/mol. The van der Waals surface area contributed by atoms with Crippen molar-refractivity contribution in [3.05, 3.63) is 58.8 Å². The average molecular weight is 348 g/mol. The normalized spacial score (nSPS) is 11.3. The quantitative estimate of drug-likeness (QED) is 0.533. The predicted molar refractivity (Wildman–Crippen MR) is 87.4 cm³/mol. The molecule has 0 amide bonds. The van der Waals surface area contributed by atoms with Gasteiger partial charge < -0.3 is 8.92 Å². The number of methoxy groups -OCH3 is 1. The minimum Gasteiger partial charge on any atom is -0.465 e. The van der Waals surface area contributed by atoms with E-state index in [0.29, 0.717) is 0 Å². The van der Waals surface area contributed by atoms with E-state index in [4.69, 9.17) is 4.18 Å². The van der Waals surface area contributed by atoms with E-state index in [2.05, 4.69) is 4.74 Å². The summed E-state index contributed by atoms with van der Waals surface area (Å²) in [5.41, 5.74) is 0. The SMILES string of the molecule is COC(=O)c1sccc1S(=O)(=O)Oc1ccc2ccccc2c1. The Balaban J connectivity index is 1.97. The van der Waals surface area contributed by atoms with Crippen LogP contribution >= 0.6 is 11.3 Å². The van der Waals surface area contributed by atoms with Crippen LogP contribution in [-0.4, -0.2) is 21.5 Å². The second-order valence-electron chi connectivity index (χ2n) is 4.65. The van der Waals surface area contributed by atoms with E-state index in [9.17, 15) is 13.2 Å². The summed E-state index contributed by atoms with van der Waals surface area (Å²) in [4.78, 5) is 11.4. The minimum absolute atomic E-state index is 0.00621. The molecule has 0 aliphatic carbocycles. The van der Waals surface area contributed by atoms with Crippen LogP contribution < -0.4 is 4.18 Å². The summed E-state index contributed by atoms with van der Waals surface area (Å²) < 4.78 is 34.6. The zero-order valence-corrected chi connectivity index (χ0v) is 13.7. The van der Waals surface area contributed by atoms with Crippen LogP contribution in [0.15, 0.2) is 58.8 Å². The first kappa shape index (κ1) is 15.5. The van der Waals surface area contributed by atoms with Gasteiger partial charge in [-0.25, -0.2) is 4.79 Å². The van der Waals surface area contributed by atoms with Crippen molar-refractivity contribution in [3.63, 3.8) is 0 Å². The Labute approximate surface area is 137 Å². The molecule has 23 heavy (non-hydrogen) atoms. The fraction of sp³-hybridized carbons (Fsp3) is 0.0625. The molecule has 0 atom stereocenters. The molecule has 3 aromatic rings. The number of ether oxygens (including phenoxy) is 1. The molecule has 7 heteroatoms. The number of rotatable bonds is 4. The van der Waals surface area contributed by atoms with E-state index < -0.39 is 16.1 Å². The molecule has 0 bridgehead atoms. The number of hydrogen-bond acceptors (Lipinski definition) is 6. The molecule has 1 heterocycles.